The summed E-state index contributed by atoms with van der Waals surface area (Å²) in [6, 6.07) is 7.53. The Morgan fingerprint density at radius 2 is 1.92 bits per heavy atom. The molecule has 2 N–H and O–H groups in total. The van der Waals surface area contributed by atoms with Gasteiger partial charge in [0.25, 0.3) is 0 Å². The number of hydrogen-bond donors (Lipinski definition) is 2. The molecule has 0 fully saturated rings. The van der Waals surface area contributed by atoms with Crippen molar-refractivity contribution in [2.75, 3.05) is 5.32 Å². The monoisotopic (exact) mass is 342 g/mol. The van der Waals surface area contributed by atoms with Crippen LogP contribution in [0.15, 0.2) is 36.5 Å². The van der Waals surface area contributed by atoms with Gasteiger partial charge in [0.2, 0.25) is 0 Å². The molecule has 8 heteroatoms. The number of aryl methyl sites for hydroxylation is 3. The Bertz CT molecular complexity index is 897. The second-order valence-corrected chi connectivity index (χ2v) is 5.76. The van der Waals surface area contributed by atoms with E-state index < -0.39 is 0 Å². The first-order chi connectivity index (χ1) is 11.9. The Kier molecular flexibility index (Phi) is 4.51. The van der Waals surface area contributed by atoms with Crippen LogP contribution in [0.1, 0.15) is 17.0 Å². The van der Waals surface area contributed by atoms with Gasteiger partial charge in [0.15, 0.2) is 0 Å². The van der Waals surface area contributed by atoms with E-state index in [9.17, 15) is 9.18 Å². The van der Waals surface area contributed by atoms with Crippen LogP contribution in [0.4, 0.5) is 15.0 Å². The summed E-state index contributed by atoms with van der Waals surface area (Å²) in [6.45, 7) is 4.05. The van der Waals surface area contributed by atoms with Gasteiger partial charge < -0.3 is 5.32 Å². The highest BCUT2D eigenvalue weighted by Gasteiger charge is 2.10. The van der Waals surface area contributed by atoms with Crippen LogP contribution in [0.25, 0.3) is 5.69 Å². The lowest BCUT2D eigenvalue weighted by Gasteiger charge is -2.07. The van der Waals surface area contributed by atoms with Crippen LogP contribution < -0.4 is 10.6 Å². The van der Waals surface area contributed by atoms with Crippen molar-refractivity contribution in [2.45, 2.75) is 20.4 Å². The molecule has 25 heavy (non-hydrogen) atoms. The third-order valence-corrected chi connectivity index (χ3v) is 3.77. The molecule has 0 spiro atoms. The maximum absolute atomic E-state index is 13.0. The summed E-state index contributed by atoms with van der Waals surface area (Å²) in [5.41, 5.74) is 3.25. The molecule has 3 rings (SSSR count). The van der Waals surface area contributed by atoms with Crippen molar-refractivity contribution in [1.82, 2.24) is 24.9 Å². The highest BCUT2D eigenvalue weighted by atomic mass is 19.1. The Morgan fingerprint density at radius 1 is 1.20 bits per heavy atom. The minimum atomic E-state index is -0.322. The summed E-state index contributed by atoms with van der Waals surface area (Å²) in [5.74, 6) is 0.324. The van der Waals surface area contributed by atoms with Gasteiger partial charge in [0, 0.05) is 31.4 Å². The van der Waals surface area contributed by atoms with Crippen LogP contribution in [-0.4, -0.2) is 25.6 Å². The predicted molar refractivity (Wildman–Crippen MR) is 92.1 cm³/mol. The first kappa shape index (κ1) is 16.7. The lowest BCUT2D eigenvalue weighted by atomic mass is 10.2. The number of nitrogens with zero attached hydrogens (tertiary/aromatic N) is 4. The maximum Gasteiger partial charge on any atom is 0.320 e. The number of halogens is 1. The fraction of sp³-hybridized carbons (Fsp3) is 0.235. The third-order valence-electron chi connectivity index (χ3n) is 3.77. The van der Waals surface area contributed by atoms with E-state index in [0.29, 0.717) is 12.4 Å². The number of rotatable bonds is 4. The Hall–Kier alpha value is -3.16. The van der Waals surface area contributed by atoms with E-state index in [4.69, 9.17) is 0 Å². The number of anilines is 1. The molecule has 2 heterocycles. The zero-order chi connectivity index (χ0) is 18.0. The molecule has 0 saturated heterocycles. The van der Waals surface area contributed by atoms with E-state index >= 15 is 0 Å². The zero-order valence-electron chi connectivity index (χ0n) is 14.2. The Labute approximate surface area is 144 Å². The van der Waals surface area contributed by atoms with Crippen LogP contribution in [0.5, 0.6) is 0 Å². The van der Waals surface area contributed by atoms with Crippen molar-refractivity contribution in [3.05, 3.63) is 59.3 Å². The van der Waals surface area contributed by atoms with Crippen molar-refractivity contribution < 1.29 is 9.18 Å². The number of carbonyl (C=O) groups is 1. The molecule has 2 amide bonds. The van der Waals surface area contributed by atoms with Crippen LogP contribution in [-0.2, 0) is 13.6 Å². The van der Waals surface area contributed by atoms with Gasteiger partial charge in [-0.05, 0) is 38.1 Å². The van der Waals surface area contributed by atoms with Crippen molar-refractivity contribution in [3.63, 3.8) is 0 Å². The van der Waals surface area contributed by atoms with E-state index in [1.165, 1.54) is 12.1 Å². The molecule has 3 aromatic rings. The largest absolute Gasteiger partial charge is 0.334 e. The van der Waals surface area contributed by atoms with E-state index in [2.05, 4.69) is 20.8 Å². The highest BCUT2D eigenvalue weighted by molar-refractivity contribution is 5.88. The second-order valence-electron chi connectivity index (χ2n) is 5.76. The first-order valence-electron chi connectivity index (χ1n) is 7.79. The summed E-state index contributed by atoms with van der Waals surface area (Å²) in [6.07, 6.45) is 1.82. The molecule has 2 aromatic heterocycles. The molecule has 0 atom stereocenters. The molecule has 0 aliphatic rings. The molecule has 0 aliphatic heterocycles. The molecule has 0 unspecified atom stereocenters. The minimum absolute atomic E-state index is 0.295. The summed E-state index contributed by atoms with van der Waals surface area (Å²) in [5, 5.41) is 14.1. The molecule has 1 aromatic carbocycles. The number of nitrogens with one attached hydrogen (secondary N) is 2. The molecular formula is C17H19FN6O. The third kappa shape index (κ3) is 3.85. The number of aromatic nitrogens is 4. The van der Waals surface area contributed by atoms with Crippen molar-refractivity contribution >= 4 is 11.8 Å². The zero-order valence-corrected chi connectivity index (χ0v) is 14.2. The molecule has 7 nitrogen and oxygen atoms in total. The minimum Gasteiger partial charge on any atom is -0.334 e. The van der Waals surface area contributed by atoms with Crippen LogP contribution in [0, 0.1) is 19.7 Å². The molecule has 0 saturated carbocycles. The van der Waals surface area contributed by atoms with Gasteiger partial charge >= 0.3 is 6.03 Å². The number of hydrogen-bond acceptors (Lipinski definition) is 3. The van der Waals surface area contributed by atoms with Gasteiger partial charge in [-0.3, -0.25) is 10.00 Å². The number of urea groups is 1. The van der Waals surface area contributed by atoms with Gasteiger partial charge in [-0.15, -0.1) is 0 Å². The van der Waals surface area contributed by atoms with Crippen LogP contribution in [0.2, 0.25) is 0 Å². The second kappa shape index (κ2) is 6.76. The van der Waals surface area contributed by atoms with Gasteiger partial charge in [0.05, 0.1) is 17.1 Å². The van der Waals surface area contributed by atoms with Gasteiger partial charge in [-0.2, -0.15) is 10.2 Å². The summed E-state index contributed by atoms with van der Waals surface area (Å²) in [4.78, 5) is 12.0. The average Bonchev–Trinajstić information content (AvgIpc) is 3.08. The van der Waals surface area contributed by atoms with E-state index in [-0.39, 0.29) is 11.8 Å². The molecule has 130 valence electrons. The summed E-state index contributed by atoms with van der Waals surface area (Å²) >= 11 is 0. The Balaban J connectivity index is 1.64. The van der Waals surface area contributed by atoms with E-state index in [1.807, 2.05) is 20.0 Å². The fourth-order valence-electron chi connectivity index (χ4n) is 2.46. The SMILES string of the molecule is Cc1cc(NC(=O)NCc2cn(-c3ccc(F)cc3)nc2C)n(C)n1. The fourth-order valence-corrected chi connectivity index (χ4v) is 2.46. The van der Waals surface area contributed by atoms with Crippen molar-refractivity contribution in [1.29, 1.82) is 0 Å². The molecule has 0 aliphatic carbocycles. The van der Waals surface area contributed by atoms with Crippen molar-refractivity contribution in [3.8, 4) is 5.69 Å². The van der Waals surface area contributed by atoms with E-state index in [1.54, 1.807) is 34.6 Å². The topological polar surface area (TPSA) is 76.8 Å². The van der Waals surface area contributed by atoms with E-state index in [0.717, 1.165) is 22.6 Å². The van der Waals surface area contributed by atoms with Gasteiger partial charge in [-0.25, -0.2) is 13.9 Å². The molecular weight excluding hydrogens is 323 g/mol. The number of benzene rings is 1. The highest BCUT2D eigenvalue weighted by Crippen LogP contribution is 2.13. The summed E-state index contributed by atoms with van der Waals surface area (Å²) in [7, 11) is 1.76. The van der Waals surface area contributed by atoms with Gasteiger partial charge in [-0.1, -0.05) is 0 Å². The average molecular weight is 342 g/mol. The maximum atomic E-state index is 13.0. The number of amides is 2. The standard InChI is InChI=1S/C17H19FN6O/c1-11-8-16(23(3)21-11)20-17(25)19-9-13-10-24(22-12(13)2)15-6-4-14(18)5-7-15/h4-8,10H,9H2,1-3H3,(H2,19,20,25). The normalized spacial score (nSPS) is 10.7. The predicted octanol–water partition coefficient (Wildman–Crippen LogP) is 2.68. The lowest BCUT2D eigenvalue weighted by Crippen LogP contribution is -2.29. The quantitative estimate of drug-likeness (QED) is 0.765. The lowest BCUT2D eigenvalue weighted by molar-refractivity contribution is 0.251. The molecule has 0 bridgehead atoms. The molecule has 0 radical (unpaired) electrons. The van der Waals surface area contributed by atoms with Crippen LogP contribution >= 0.6 is 0 Å². The van der Waals surface area contributed by atoms with Gasteiger partial charge in [0.1, 0.15) is 11.6 Å². The van der Waals surface area contributed by atoms with Crippen molar-refractivity contribution in [2.24, 2.45) is 7.05 Å². The first-order valence-corrected chi connectivity index (χ1v) is 7.79. The number of carbonyl (C=O) groups excluding carboxylic acids is 1. The van der Waals surface area contributed by atoms with Crippen LogP contribution in [0.3, 0.4) is 0 Å². The summed E-state index contributed by atoms with van der Waals surface area (Å²) < 4.78 is 16.3. The smallest absolute Gasteiger partial charge is 0.320 e. The Morgan fingerprint density at radius 3 is 2.56 bits per heavy atom.